The van der Waals surface area contributed by atoms with E-state index in [1.54, 1.807) is 50.6 Å². The molecule has 0 bridgehead atoms. The molecule has 3 aromatic rings. The number of nitrogens with one attached hydrogen (secondary N) is 3. The second-order valence-electron chi connectivity index (χ2n) is 9.43. The van der Waals surface area contributed by atoms with Gasteiger partial charge in [0.2, 0.25) is 11.4 Å². The number of benzene rings is 3. The third-order valence-corrected chi connectivity index (χ3v) is 7.40. The normalized spacial score (nSPS) is 23.0. The lowest BCUT2D eigenvalue weighted by Gasteiger charge is -2.60. The van der Waals surface area contributed by atoms with E-state index in [1.165, 1.54) is 47.7 Å². The van der Waals surface area contributed by atoms with Crippen molar-refractivity contribution in [3.8, 4) is 11.5 Å². The van der Waals surface area contributed by atoms with Gasteiger partial charge in [0.05, 0.1) is 25.6 Å². The Morgan fingerprint density at radius 1 is 0.690 bits per heavy atom. The highest BCUT2D eigenvalue weighted by atomic mass is 19.1. The summed E-state index contributed by atoms with van der Waals surface area (Å²) in [5, 5.41) is 10.2. The third-order valence-electron chi connectivity index (χ3n) is 7.40. The zero-order chi connectivity index (χ0) is 30.4. The third kappa shape index (κ3) is 5.25. The maximum atomic E-state index is 14.5. The number of hydrogen-bond donors (Lipinski definition) is 3. The minimum Gasteiger partial charge on any atom is -0.497 e. The lowest BCUT2D eigenvalue weighted by Crippen LogP contribution is -2.82. The van der Waals surface area contributed by atoms with Crippen LogP contribution in [0.25, 0.3) is 0 Å². The molecular weight excluding hydrogens is 545 g/mol. The predicted molar refractivity (Wildman–Crippen MR) is 158 cm³/mol. The van der Waals surface area contributed by atoms with Crippen LogP contribution in [0.1, 0.15) is 0 Å². The zero-order valence-corrected chi connectivity index (χ0v) is 24.8. The molecule has 0 radical (unpaired) electrons. The molecular formula is C31H38FN3O7. The molecule has 0 fully saturated rings. The van der Waals surface area contributed by atoms with Gasteiger partial charge in [-0.3, -0.25) is 0 Å². The summed E-state index contributed by atoms with van der Waals surface area (Å²) in [7, 11) is 10.5. The summed E-state index contributed by atoms with van der Waals surface area (Å²) in [6.45, 7) is 0. The van der Waals surface area contributed by atoms with Gasteiger partial charge in [-0.1, -0.05) is 24.3 Å². The fourth-order valence-electron chi connectivity index (χ4n) is 5.49. The van der Waals surface area contributed by atoms with E-state index in [9.17, 15) is 4.39 Å². The highest BCUT2D eigenvalue weighted by Gasteiger charge is 2.73. The second-order valence-corrected chi connectivity index (χ2v) is 9.43. The van der Waals surface area contributed by atoms with Gasteiger partial charge in [-0.2, -0.15) is 0 Å². The van der Waals surface area contributed by atoms with Gasteiger partial charge in [0.15, 0.2) is 6.10 Å². The minimum absolute atomic E-state index is 0.393. The summed E-state index contributed by atoms with van der Waals surface area (Å²) in [6, 6.07) is 20.7. The van der Waals surface area contributed by atoms with Crippen molar-refractivity contribution in [2.75, 3.05) is 65.7 Å². The topological polar surface area (TPSA) is 101 Å². The molecule has 3 unspecified atom stereocenters. The molecule has 0 aliphatic heterocycles. The SMILES string of the molecule is COc1ccc(OC)c(NC2(OC)C(Nc3cccc(F)c3)(OC)C=C(Nc3ccccc3)C(OC)C2(OC)OC)c1. The number of anilines is 3. The van der Waals surface area contributed by atoms with Crippen LogP contribution in [0.4, 0.5) is 21.5 Å². The first-order valence-corrected chi connectivity index (χ1v) is 13.1. The first kappa shape index (κ1) is 31.1. The van der Waals surface area contributed by atoms with Crippen molar-refractivity contribution in [3.63, 3.8) is 0 Å². The van der Waals surface area contributed by atoms with Gasteiger partial charge in [-0.25, -0.2) is 4.39 Å². The summed E-state index contributed by atoms with van der Waals surface area (Å²) in [5.74, 6) is -1.20. The van der Waals surface area contributed by atoms with Gasteiger partial charge in [0.1, 0.15) is 17.3 Å². The van der Waals surface area contributed by atoms with E-state index in [2.05, 4.69) is 16.0 Å². The molecule has 4 rings (SSSR count). The molecule has 0 heterocycles. The largest absolute Gasteiger partial charge is 0.497 e. The van der Waals surface area contributed by atoms with Gasteiger partial charge in [0.25, 0.3) is 5.79 Å². The number of methoxy groups -OCH3 is 7. The first-order chi connectivity index (χ1) is 20.3. The van der Waals surface area contributed by atoms with E-state index in [1.807, 2.05) is 30.3 Å². The maximum Gasteiger partial charge on any atom is 0.255 e. The van der Waals surface area contributed by atoms with Crippen LogP contribution in [0.5, 0.6) is 11.5 Å². The minimum atomic E-state index is -1.80. The molecule has 11 heteroatoms. The highest BCUT2D eigenvalue weighted by Crippen LogP contribution is 2.52. The standard InChI is InChI=1S/C31H38FN3O7/c1-36-24-16-17-27(37-2)25(19-24)35-31(42-7)29(39-4,34-23-15-11-12-21(32)18-23)20-26(33-22-13-9-8-10-14-22)28(38-3)30(31,40-5)41-6/h8-20,28,33-35H,1-7H3. The molecule has 1 aliphatic rings. The van der Waals surface area contributed by atoms with Crippen molar-refractivity contribution >= 4 is 17.1 Å². The summed E-state index contributed by atoms with van der Waals surface area (Å²) in [6.07, 6.45) is 0.841. The Hall–Kier alpha value is -3.87. The van der Waals surface area contributed by atoms with Crippen LogP contribution in [0.2, 0.25) is 0 Å². The van der Waals surface area contributed by atoms with Gasteiger partial charge in [0, 0.05) is 53.0 Å². The van der Waals surface area contributed by atoms with E-state index in [0.29, 0.717) is 28.6 Å². The molecule has 42 heavy (non-hydrogen) atoms. The average molecular weight is 584 g/mol. The Labute approximate surface area is 245 Å². The van der Waals surface area contributed by atoms with E-state index >= 15 is 0 Å². The number of hydrogen-bond acceptors (Lipinski definition) is 10. The van der Waals surface area contributed by atoms with E-state index in [0.717, 1.165) is 5.69 Å². The van der Waals surface area contributed by atoms with Crippen molar-refractivity contribution in [3.05, 3.63) is 90.4 Å². The van der Waals surface area contributed by atoms with Gasteiger partial charge in [-0.15, -0.1) is 0 Å². The Balaban J connectivity index is 2.06. The quantitative estimate of drug-likeness (QED) is 0.237. The Morgan fingerprint density at radius 3 is 1.98 bits per heavy atom. The molecule has 3 N–H and O–H groups in total. The molecule has 1 aliphatic carbocycles. The molecule has 3 atom stereocenters. The molecule has 0 spiro atoms. The molecule has 0 aromatic heterocycles. The number of ether oxygens (including phenoxy) is 7. The summed E-state index contributed by atoms with van der Waals surface area (Å²) in [4.78, 5) is 0. The molecule has 226 valence electrons. The predicted octanol–water partition coefficient (Wildman–Crippen LogP) is 5.07. The lowest BCUT2D eigenvalue weighted by molar-refractivity contribution is -0.366. The van der Waals surface area contributed by atoms with Crippen LogP contribution in [-0.4, -0.2) is 73.1 Å². The summed E-state index contributed by atoms with van der Waals surface area (Å²) < 4.78 is 56.9. The van der Waals surface area contributed by atoms with Crippen molar-refractivity contribution in [2.45, 2.75) is 23.3 Å². The number of para-hydroxylation sites is 1. The van der Waals surface area contributed by atoms with Crippen LogP contribution >= 0.6 is 0 Å². The molecule has 0 amide bonds. The van der Waals surface area contributed by atoms with Crippen molar-refractivity contribution in [2.24, 2.45) is 0 Å². The molecule has 3 aromatic carbocycles. The van der Waals surface area contributed by atoms with Gasteiger partial charge in [-0.05, 0) is 48.5 Å². The fraction of sp³-hybridized carbons (Fsp3) is 0.355. The smallest absolute Gasteiger partial charge is 0.255 e. The lowest BCUT2D eigenvalue weighted by atomic mass is 9.77. The van der Waals surface area contributed by atoms with Crippen LogP contribution in [0, 0.1) is 5.82 Å². The monoisotopic (exact) mass is 583 g/mol. The van der Waals surface area contributed by atoms with Gasteiger partial charge < -0.3 is 49.1 Å². The van der Waals surface area contributed by atoms with Crippen LogP contribution in [0.3, 0.4) is 0 Å². The van der Waals surface area contributed by atoms with E-state index < -0.39 is 29.2 Å². The number of halogens is 1. The Morgan fingerprint density at radius 2 is 1.40 bits per heavy atom. The van der Waals surface area contributed by atoms with Crippen molar-refractivity contribution in [1.29, 1.82) is 0 Å². The van der Waals surface area contributed by atoms with Crippen molar-refractivity contribution in [1.82, 2.24) is 0 Å². The first-order valence-electron chi connectivity index (χ1n) is 13.1. The zero-order valence-electron chi connectivity index (χ0n) is 24.8. The Bertz CT molecular complexity index is 1370. The van der Waals surface area contributed by atoms with E-state index in [4.69, 9.17) is 33.2 Å². The molecule has 0 saturated carbocycles. The van der Waals surface area contributed by atoms with Crippen LogP contribution in [0.15, 0.2) is 84.6 Å². The highest BCUT2D eigenvalue weighted by molar-refractivity contribution is 5.64. The molecule has 10 nitrogen and oxygen atoms in total. The second kappa shape index (κ2) is 13.0. The van der Waals surface area contributed by atoms with Crippen molar-refractivity contribution < 1.29 is 37.5 Å². The van der Waals surface area contributed by atoms with E-state index in [-0.39, 0.29) is 0 Å². The maximum absolute atomic E-state index is 14.5. The summed E-state index contributed by atoms with van der Waals surface area (Å²) in [5.41, 5.74) is -1.32. The van der Waals surface area contributed by atoms with Crippen LogP contribution in [-0.2, 0) is 23.7 Å². The number of rotatable bonds is 13. The molecule has 0 saturated heterocycles. The van der Waals surface area contributed by atoms with Crippen LogP contribution < -0.4 is 25.4 Å². The van der Waals surface area contributed by atoms with Gasteiger partial charge >= 0.3 is 0 Å². The average Bonchev–Trinajstić information content (AvgIpc) is 3.02. The Kier molecular flexibility index (Phi) is 9.60. The summed E-state index contributed by atoms with van der Waals surface area (Å²) >= 11 is 0. The fourth-order valence-corrected chi connectivity index (χ4v) is 5.49.